The Hall–Kier alpha value is -2.41. The Kier molecular flexibility index (Phi) is 5.33. The summed E-state index contributed by atoms with van der Waals surface area (Å²) in [7, 11) is 0. The first-order chi connectivity index (χ1) is 12.0. The van der Waals surface area contributed by atoms with Crippen LogP contribution in [0.15, 0.2) is 47.1 Å². The van der Waals surface area contributed by atoms with Gasteiger partial charge in [0, 0.05) is 23.3 Å². The van der Waals surface area contributed by atoms with Gasteiger partial charge in [0.1, 0.15) is 17.5 Å². The summed E-state index contributed by atoms with van der Waals surface area (Å²) in [6.45, 7) is 1.19. The lowest BCUT2D eigenvalue weighted by atomic mass is 10.1. The molecule has 2 heterocycles. The van der Waals surface area contributed by atoms with E-state index in [0.717, 1.165) is 17.3 Å². The summed E-state index contributed by atoms with van der Waals surface area (Å²) in [6, 6.07) is 10.6. The number of primary amides is 1. The summed E-state index contributed by atoms with van der Waals surface area (Å²) in [5.41, 5.74) is 6.05. The third-order valence-corrected chi connectivity index (χ3v) is 4.75. The molecule has 0 aliphatic carbocycles. The van der Waals surface area contributed by atoms with Gasteiger partial charge in [0.05, 0.1) is 12.1 Å². The number of amides is 2. The highest BCUT2D eigenvalue weighted by atomic mass is 79.9. The number of benzene rings is 1. The average Bonchev–Trinajstić information content (AvgIpc) is 2.62. The van der Waals surface area contributed by atoms with Gasteiger partial charge in [-0.05, 0) is 47.0 Å². The molecule has 1 atom stereocenters. The van der Waals surface area contributed by atoms with Gasteiger partial charge in [-0.15, -0.1) is 0 Å². The van der Waals surface area contributed by atoms with E-state index in [1.54, 1.807) is 17.0 Å². The largest absolute Gasteiger partial charge is 0.488 e. The molecular weight excluding hydrogens is 386 g/mol. The van der Waals surface area contributed by atoms with Crippen molar-refractivity contribution in [2.24, 2.45) is 5.73 Å². The Balaban J connectivity index is 1.69. The first-order valence-corrected chi connectivity index (χ1v) is 8.80. The van der Waals surface area contributed by atoms with Crippen molar-refractivity contribution in [2.75, 3.05) is 13.1 Å². The summed E-state index contributed by atoms with van der Waals surface area (Å²) in [4.78, 5) is 29.6. The molecule has 2 aromatic rings. The zero-order valence-corrected chi connectivity index (χ0v) is 15.1. The van der Waals surface area contributed by atoms with Crippen LogP contribution < -0.4 is 10.5 Å². The fourth-order valence-electron chi connectivity index (χ4n) is 2.84. The number of aromatic nitrogens is 1. The number of nitrogens with two attached hydrogens (primary N) is 1. The first-order valence-electron chi connectivity index (χ1n) is 8.01. The summed E-state index contributed by atoms with van der Waals surface area (Å²) in [5, 5.41) is 0. The Morgan fingerprint density at radius 2 is 2.08 bits per heavy atom. The highest BCUT2D eigenvalue weighted by Gasteiger charge is 2.26. The lowest BCUT2D eigenvalue weighted by Crippen LogP contribution is -2.44. The zero-order chi connectivity index (χ0) is 17.8. The molecule has 1 fully saturated rings. The smallest absolute Gasteiger partial charge is 0.267 e. The Morgan fingerprint density at radius 3 is 2.84 bits per heavy atom. The van der Waals surface area contributed by atoms with Crippen LogP contribution in [0.3, 0.4) is 0 Å². The van der Waals surface area contributed by atoms with E-state index in [0.29, 0.717) is 24.4 Å². The number of pyridine rings is 1. The van der Waals surface area contributed by atoms with Crippen LogP contribution in [0.4, 0.5) is 0 Å². The molecule has 0 radical (unpaired) electrons. The summed E-state index contributed by atoms with van der Waals surface area (Å²) in [6.07, 6.45) is 3.05. The van der Waals surface area contributed by atoms with Gasteiger partial charge in [0.15, 0.2) is 0 Å². The predicted molar refractivity (Wildman–Crippen MR) is 96.5 cm³/mol. The standard InChI is InChI=1S/C18H18BrN3O3/c19-15-6-2-1-5-14(15)18(24)22-9-3-4-13(11-22)25-12-7-8-21-16(10-12)17(20)23/h1-2,5-8,10,13H,3-4,9,11H2,(H2,20,23). The number of carbonyl (C=O) groups excluding carboxylic acids is 2. The molecule has 3 rings (SSSR count). The van der Waals surface area contributed by atoms with Gasteiger partial charge in [0.25, 0.3) is 11.8 Å². The van der Waals surface area contributed by atoms with Crippen molar-refractivity contribution in [1.82, 2.24) is 9.88 Å². The van der Waals surface area contributed by atoms with Crippen LogP contribution in [0.2, 0.25) is 0 Å². The number of nitrogens with zero attached hydrogens (tertiary/aromatic N) is 2. The Labute approximate surface area is 154 Å². The monoisotopic (exact) mass is 403 g/mol. The van der Waals surface area contributed by atoms with Gasteiger partial charge in [-0.3, -0.25) is 14.6 Å². The molecule has 2 amide bonds. The number of likely N-dealkylation sites (tertiary alicyclic amines) is 1. The van der Waals surface area contributed by atoms with Crippen LogP contribution in [-0.2, 0) is 0 Å². The molecule has 0 bridgehead atoms. The number of hydrogen-bond acceptors (Lipinski definition) is 4. The predicted octanol–water partition coefficient (Wildman–Crippen LogP) is 2.63. The minimum Gasteiger partial charge on any atom is -0.488 e. The number of ether oxygens (including phenoxy) is 1. The molecule has 1 unspecified atom stereocenters. The molecule has 0 saturated carbocycles. The second kappa shape index (κ2) is 7.65. The summed E-state index contributed by atoms with van der Waals surface area (Å²) in [5.74, 6) is -0.0860. The highest BCUT2D eigenvalue weighted by molar-refractivity contribution is 9.10. The number of halogens is 1. The fraction of sp³-hybridized carbons (Fsp3) is 0.278. The van der Waals surface area contributed by atoms with Gasteiger partial charge >= 0.3 is 0 Å². The van der Waals surface area contributed by atoms with E-state index in [-0.39, 0.29) is 17.7 Å². The van der Waals surface area contributed by atoms with Crippen LogP contribution in [0.25, 0.3) is 0 Å². The Bertz CT molecular complexity index is 797. The van der Waals surface area contributed by atoms with Gasteiger partial charge in [-0.1, -0.05) is 12.1 Å². The van der Waals surface area contributed by atoms with Gasteiger partial charge in [0.2, 0.25) is 0 Å². The van der Waals surface area contributed by atoms with Crippen LogP contribution >= 0.6 is 15.9 Å². The normalized spacial score (nSPS) is 17.2. The van der Waals surface area contributed by atoms with E-state index in [1.807, 2.05) is 18.2 Å². The van der Waals surface area contributed by atoms with E-state index in [4.69, 9.17) is 10.5 Å². The van der Waals surface area contributed by atoms with Crippen molar-refractivity contribution in [2.45, 2.75) is 18.9 Å². The average molecular weight is 404 g/mol. The van der Waals surface area contributed by atoms with Gasteiger partial charge < -0.3 is 15.4 Å². The highest BCUT2D eigenvalue weighted by Crippen LogP contribution is 2.23. The van der Waals surface area contributed by atoms with Crippen LogP contribution in [0.1, 0.15) is 33.7 Å². The maximum absolute atomic E-state index is 12.7. The molecule has 7 heteroatoms. The Morgan fingerprint density at radius 1 is 1.28 bits per heavy atom. The fourth-order valence-corrected chi connectivity index (χ4v) is 3.29. The molecule has 0 spiro atoms. The second-order valence-corrected chi connectivity index (χ2v) is 6.71. The number of hydrogen-bond donors (Lipinski definition) is 1. The molecule has 130 valence electrons. The van der Waals surface area contributed by atoms with E-state index >= 15 is 0 Å². The molecule has 25 heavy (non-hydrogen) atoms. The molecule has 1 aliphatic rings. The molecule has 1 aromatic heterocycles. The number of rotatable bonds is 4. The third-order valence-electron chi connectivity index (χ3n) is 4.06. The summed E-state index contributed by atoms with van der Waals surface area (Å²) >= 11 is 3.42. The maximum Gasteiger partial charge on any atom is 0.267 e. The molecular formula is C18H18BrN3O3. The molecule has 2 N–H and O–H groups in total. The topological polar surface area (TPSA) is 85.5 Å². The lowest BCUT2D eigenvalue weighted by Gasteiger charge is -2.33. The van der Waals surface area contributed by atoms with Crippen molar-refractivity contribution in [1.29, 1.82) is 0 Å². The summed E-state index contributed by atoms with van der Waals surface area (Å²) < 4.78 is 6.72. The quantitative estimate of drug-likeness (QED) is 0.849. The van der Waals surface area contributed by atoms with Crippen LogP contribution in [0, 0.1) is 0 Å². The maximum atomic E-state index is 12.7. The van der Waals surface area contributed by atoms with E-state index in [9.17, 15) is 9.59 Å². The van der Waals surface area contributed by atoms with E-state index in [2.05, 4.69) is 20.9 Å². The van der Waals surface area contributed by atoms with E-state index < -0.39 is 5.91 Å². The van der Waals surface area contributed by atoms with Gasteiger partial charge in [-0.2, -0.15) is 0 Å². The van der Waals surface area contributed by atoms with Crippen molar-refractivity contribution in [3.63, 3.8) is 0 Å². The third kappa shape index (κ3) is 4.17. The molecule has 1 aromatic carbocycles. The van der Waals surface area contributed by atoms with Crippen molar-refractivity contribution in [3.8, 4) is 5.75 Å². The van der Waals surface area contributed by atoms with Crippen molar-refractivity contribution in [3.05, 3.63) is 58.3 Å². The zero-order valence-electron chi connectivity index (χ0n) is 13.5. The van der Waals surface area contributed by atoms with Crippen LogP contribution in [-0.4, -0.2) is 40.9 Å². The number of carbonyl (C=O) groups is 2. The molecule has 6 nitrogen and oxygen atoms in total. The lowest BCUT2D eigenvalue weighted by molar-refractivity contribution is 0.0537. The van der Waals surface area contributed by atoms with Crippen molar-refractivity contribution < 1.29 is 14.3 Å². The molecule has 1 saturated heterocycles. The minimum atomic E-state index is -0.597. The van der Waals surface area contributed by atoms with Gasteiger partial charge in [-0.25, -0.2) is 0 Å². The molecule has 1 aliphatic heterocycles. The minimum absolute atomic E-state index is 0.0201. The van der Waals surface area contributed by atoms with Crippen LogP contribution in [0.5, 0.6) is 5.75 Å². The first kappa shape index (κ1) is 17.4. The SMILES string of the molecule is NC(=O)c1cc(OC2CCCN(C(=O)c3ccccc3Br)C2)ccn1. The second-order valence-electron chi connectivity index (χ2n) is 5.85. The van der Waals surface area contributed by atoms with Crippen molar-refractivity contribution >= 4 is 27.7 Å². The van der Waals surface area contributed by atoms with E-state index in [1.165, 1.54) is 12.3 Å². The number of piperidine rings is 1.